The van der Waals surface area contributed by atoms with Crippen molar-refractivity contribution in [2.45, 2.75) is 5.92 Å². The number of anilines is 1. The third kappa shape index (κ3) is 3.58. The van der Waals surface area contributed by atoms with Crippen LogP contribution >= 0.6 is 0 Å². The zero-order chi connectivity index (χ0) is 22.1. The van der Waals surface area contributed by atoms with E-state index in [2.05, 4.69) is 39.9 Å². The van der Waals surface area contributed by atoms with E-state index in [0.29, 0.717) is 11.4 Å². The number of aromatic nitrogens is 3. The molecule has 0 atom stereocenters. The molecule has 0 fully saturated rings. The largest absolute Gasteiger partial charge is 0.476 e. The van der Waals surface area contributed by atoms with Gasteiger partial charge >= 0.3 is 12.1 Å². The zero-order valence-electron chi connectivity index (χ0n) is 16.8. The van der Waals surface area contributed by atoms with Gasteiger partial charge in [0.1, 0.15) is 6.61 Å². The molecule has 8 nitrogen and oxygen atoms in total. The summed E-state index contributed by atoms with van der Waals surface area (Å²) in [5.74, 6) is -1.16. The third-order valence-electron chi connectivity index (χ3n) is 5.43. The molecule has 2 N–H and O–H groups in total. The first-order chi connectivity index (χ1) is 15.6. The van der Waals surface area contributed by atoms with Crippen LogP contribution in [0.2, 0.25) is 0 Å². The number of carboxylic acid groups (broad SMARTS) is 1. The van der Waals surface area contributed by atoms with E-state index in [0.717, 1.165) is 11.1 Å². The van der Waals surface area contributed by atoms with Crippen LogP contribution < -0.4 is 5.32 Å². The first kappa shape index (κ1) is 19.5. The van der Waals surface area contributed by atoms with E-state index in [1.54, 1.807) is 24.3 Å². The lowest BCUT2D eigenvalue weighted by atomic mass is 9.98. The summed E-state index contributed by atoms with van der Waals surface area (Å²) in [6, 6.07) is 23.1. The Hall–Kier alpha value is -4.46. The summed E-state index contributed by atoms with van der Waals surface area (Å²) in [6.45, 7) is 0.231. The molecule has 0 spiro atoms. The van der Waals surface area contributed by atoms with E-state index in [-0.39, 0.29) is 18.2 Å². The summed E-state index contributed by atoms with van der Waals surface area (Å²) in [7, 11) is 0. The van der Waals surface area contributed by atoms with Crippen molar-refractivity contribution in [1.82, 2.24) is 15.0 Å². The molecule has 0 unspecified atom stereocenters. The van der Waals surface area contributed by atoms with Crippen LogP contribution in [0.25, 0.3) is 16.8 Å². The second-order valence-corrected chi connectivity index (χ2v) is 7.35. The number of carbonyl (C=O) groups excluding carboxylic acids is 1. The van der Waals surface area contributed by atoms with Crippen LogP contribution in [0.1, 0.15) is 27.5 Å². The lowest BCUT2D eigenvalue weighted by Gasteiger charge is -2.14. The standard InChI is InChI=1S/C24H18N4O4/c29-23(30)22-13-28(27-26-22)16-11-9-15(10-12-16)25-24(31)32-14-21-19-7-3-1-5-17(19)18-6-2-4-8-20(18)21/h1-13,21H,14H2,(H,25,31)(H,29,30). The molecule has 0 saturated heterocycles. The van der Waals surface area contributed by atoms with Crippen molar-refractivity contribution in [2.75, 3.05) is 11.9 Å². The van der Waals surface area contributed by atoms with Crippen LogP contribution in [0.15, 0.2) is 79.0 Å². The highest BCUT2D eigenvalue weighted by Crippen LogP contribution is 2.44. The summed E-state index contributed by atoms with van der Waals surface area (Å²) in [5, 5.41) is 19.0. The molecule has 1 aromatic heterocycles. The molecule has 32 heavy (non-hydrogen) atoms. The molecule has 0 bridgehead atoms. The van der Waals surface area contributed by atoms with Gasteiger partial charge in [0.25, 0.3) is 0 Å². The lowest BCUT2D eigenvalue weighted by molar-refractivity contribution is 0.0690. The van der Waals surface area contributed by atoms with Gasteiger partial charge in [0.2, 0.25) is 0 Å². The monoisotopic (exact) mass is 426 g/mol. The Bertz CT molecular complexity index is 1270. The van der Waals surface area contributed by atoms with Gasteiger partial charge in [-0.2, -0.15) is 0 Å². The zero-order valence-corrected chi connectivity index (χ0v) is 16.8. The topological polar surface area (TPSA) is 106 Å². The maximum atomic E-state index is 12.4. The minimum absolute atomic E-state index is 0.00808. The Balaban J connectivity index is 1.24. The van der Waals surface area contributed by atoms with E-state index in [1.807, 2.05) is 24.3 Å². The van der Waals surface area contributed by atoms with Crippen LogP contribution in [-0.2, 0) is 4.74 Å². The van der Waals surface area contributed by atoms with E-state index in [9.17, 15) is 9.59 Å². The van der Waals surface area contributed by atoms with Crippen molar-refractivity contribution < 1.29 is 19.4 Å². The van der Waals surface area contributed by atoms with Gasteiger partial charge in [-0.15, -0.1) is 5.10 Å². The maximum absolute atomic E-state index is 12.4. The number of fused-ring (bicyclic) bond motifs is 3. The van der Waals surface area contributed by atoms with Crippen molar-refractivity contribution in [3.05, 3.63) is 95.8 Å². The molecule has 1 aliphatic carbocycles. The average molecular weight is 426 g/mol. The van der Waals surface area contributed by atoms with Crippen LogP contribution in [0.3, 0.4) is 0 Å². The van der Waals surface area contributed by atoms with Gasteiger partial charge in [-0.05, 0) is 46.5 Å². The van der Waals surface area contributed by atoms with Gasteiger partial charge in [0.15, 0.2) is 5.69 Å². The molecule has 0 saturated carbocycles. The Morgan fingerprint density at radius 3 is 2.16 bits per heavy atom. The smallest absolute Gasteiger partial charge is 0.411 e. The predicted octanol–water partition coefficient (Wildman–Crippen LogP) is 4.33. The average Bonchev–Trinajstić information content (AvgIpc) is 3.42. The van der Waals surface area contributed by atoms with E-state index in [4.69, 9.17) is 9.84 Å². The number of nitrogens with one attached hydrogen (secondary N) is 1. The van der Waals surface area contributed by atoms with Crippen LogP contribution in [-0.4, -0.2) is 38.8 Å². The Labute approximate surface area is 183 Å². The van der Waals surface area contributed by atoms with E-state index in [1.165, 1.54) is 22.0 Å². The number of rotatable bonds is 5. The minimum atomic E-state index is -1.15. The molecule has 1 amide bonds. The number of ether oxygens (including phenoxy) is 1. The quantitative estimate of drug-likeness (QED) is 0.492. The first-order valence-electron chi connectivity index (χ1n) is 9.98. The number of hydrogen-bond acceptors (Lipinski definition) is 5. The van der Waals surface area contributed by atoms with Gasteiger partial charge in [0.05, 0.1) is 11.9 Å². The Morgan fingerprint density at radius 2 is 1.56 bits per heavy atom. The second-order valence-electron chi connectivity index (χ2n) is 7.35. The summed E-state index contributed by atoms with van der Waals surface area (Å²) < 4.78 is 6.89. The summed E-state index contributed by atoms with van der Waals surface area (Å²) >= 11 is 0. The molecule has 1 heterocycles. The SMILES string of the molecule is O=C(Nc1ccc(-n2cc(C(=O)O)nn2)cc1)OCC1c2ccccc2-c2ccccc21. The lowest BCUT2D eigenvalue weighted by Crippen LogP contribution is -2.17. The molecule has 0 aliphatic heterocycles. The fourth-order valence-corrected chi connectivity index (χ4v) is 3.94. The van der Waals surface area contributed by atoms with Crippen LogP contribution in [0, 0.1) is 0 Å². The normalized spacial score (nSPS) is 12.1. The van der Waals surface area contributed by atoms with Gasteiger partial charge in [0, 0.05) is 11.6 Å². The van der Waals surface area contributed by atoms with Crippen LogP contribution in [0.4, 0.5) is 10.5 Å². The fraction of sp³-hybridized carbons (Fsp3) is 0.0833. The van der Waals surface area contributed by atoms with Gasteiger partial charge in [-0.3, -0.25) is 5.32 Å². The first-order valence-corrected chi connectivity index (χ1v) is 9.98. The molecule has 5 rings (SSSR count). The third-order valence-corrected chi connectivity index (χ3v) is 5.43. The Kier molecular flexibility index (Phi) is 4.87. The number of hydrogen-bond donors (Lipinski definition) is 2. The minimum Gasteiger partial charge on any atom is -0.476 e. The van der Waals surface area contributed by atoms with Crippen molar-refractivity contribution in [3.63, 3.8) is 0 Å². The van der Waals surface area contributed by atoms with E-state index >= 15 is 0 Å². The second kappa shape index (κ2) is 7.99. The summed E-state index contributed by atoms with van der Waals surface area (Å²) in [5.41, 5.74) is 5.66. The number of carboxylic acids is 1. The molecule has 1 aliphatic rings. The van der Waals surface area contributed by atoms with Crippen molar-refractivity contribution in [2.24, 2.45) is 0 Å². The van der Waals surface area contributed by atoms with Gasteiger partial charge < -0.3 is 9.84 Å². The summed E-state index contributed by atoms with van der Waals surface area (Å²) in [6.07, 6.45) is 0.768. The van der Waals surface area contributed by atoms with Gasteiger partial charge in [-0.25, -0.2) is 14.3 Å². The maximum Gasteiger partial charge on any atom is 0.411 e. The van der Waals surface area contributed by atoms with Crippen molar-refractivity contribution >= 4 is 17.7 Å². The molecule has 4 aromatic rings. The van der Waals surface area contributed by atoms with Crippen LogP contribution in [0.5, 0.6) is 0 Å². The highest BCUT2D eigenvalue weighted by molar-refractivity contribution is 5.86. The number of carbonyl (C=O) groups is 2. The molecule has 8 heteroatoms. The number of nitrogens with zero attached hydrogens (tertiary/aromatic N) is 3. The van der Waals surface area contributed by atoms with Crippen molar-refractivity contribution in [1.29, 1.82) is 0 Å². The highest BCUT2D eigenvalue weighted by atomic mass is 16.5. The van der Waals surface area contributed by atoms with Crippen molar-refractivity contribution in [3.8, 4) is 16.8 Å². The Morgan fingerprint density at radius 1 is 0.938 bits per heavy atom. The molecule has 0 radical (unpaired) electrons. The fourth-order valence-electron chi connectivity index (χ4n) is 3.94. The molecular weight excluding hydrogens is 408 g/mol. The molecule has 3 aromatic carbocycles. The number of aromatic carboxylic acids is 1. The predicted molar refractivity (Wildman–Crippen MR) is 117 cm³/mol. The number of amides is 1. The summed E-state index contributed by atoms with van der Waals surface area (Å²) in [4.78, 5) is 23.3. The van der Waals surface area contributed by atoms with Gasteiger partial charge in [-0.1, -0.05) is 53.7 Å². The van der Waals surface area contributed by atoms with E-state index < -0.39 is 12.1 Å². The molecule has 158 valence electrons. The number of benzene rings is 3. The highest BCUT2D eigenvalue weighted by Gasteiger charge is 2.29. The molecular formula is C24H18N4O4.